The monoisotopic (exact) mass is 336 g/mol. The van der Waals surface area contributed by atoms with Gasteiger partial charge in [-0.2, -0.15) is 0 Å². The van der Waals surface area contributed by atoms with Crippen molar-refractivity contribution < 1.29 is 22.8 Å². The van der Waals surface area contributed by atoms with Crippen LogP contribution in [0.1, 0.15) is 27.1 Å². The van der Waals surface area contributed by atoms with Gasteiger partial charge in [-0.05, 0) is 18.6 Å². The minimum Gasteiger partial charge on any atom is -0.340 e. The summed E-state index contributed by atoms with van der Waals surface area (Å²) in [6, 6.07) is 6.01. The van der Waals surface area contributed by atoms with Gasteiger partial charge in [-0.25, -0.2) is 8.42 Å². The van der Waals surface area contributed by atoms with E-state index in [2.05, 4.69) is 0 Å². The average molecular weight is 336 g/mol. The molecule has 7 nitrogen and oxygen atoms in total. The fourth-order valence-corrected chi connectivity index (χ4v) is 4.69. The van der Waals surface area contributed by atoms with Gasteiger partial charge in [0.25, 0.3) is 11.8 Å². The largest absolute Gasteiger partial charge is 0.340 e. The third kappa shape index (κ3) is 2.74. The maximum atomic E-state index is 12.3. The Bertz CT molecular complexity index is 767. The molecule has 1 atom stereocenters. The maximum absolute atomic E-state index is 12.3. The molecule has 2 heterocycles. The Morgan fingerprint density at radius 1 is 1.22 bits per heavy atom. The van der Waals surface area contributed by atoms with E-state index in [1.165, 1.54) is 11.9 Å². The first-order valence-electron chi connectivity index (χ1n) is 7.21. The van der Waals surface area contributed by atoms with Crippen molar-refractivity contribution in [2.75, 3.05) is 25.1 Å². The molecule has 2 aliphatic rings. The number of nitrogens with zero attached hydrogens (tertiary/aromatic N) is 2. The Morgan fingerprint density at radius 3 is 2.26 bits per heavy atom. The number of rotatable bonds is 3. The zero-order valence-corrected chi connectivity index (χ0v) is 13.4. The highest BCUT2D eigenvalue weighted by Gasteiger charge is 2.38. The van der Waals surface area contributed by atoms with Gasteiger partial charge in [0.15, 0.2) is 9.84 Å². The second kappa shape index (κ2) is 5.45. The van der Waals surface area contributed by atoms with E-state index < -0.39 is 33.6 Å². The highest BCUT2D eigenvalue weighted by molar-refractivity contribution is 7.91. The van der Waals surface area contributed by atoms with E-state index in [4.69, 9.17) is 0 Å². The van der Waals surface area contributed by atoms with Crippen molar-refractivity contribution in [2.24, 2.45) is 0 Å². The molecule has 0 N–H and O–H groups in total. The molecule has 8 heteroatoms. The lowest BCUT2D eigenvalue weighted by Crippen LogP contribution is -2.45. The number of imide groups is 1. The van der Waals surface area contributed by atoms with Crippen LogP contribution >= 0.6 is 0 Å². The molecule has 0 spiro atoms. The molecular formula is C15H16N2O5S. The van der Waals surface area contributed by atoms with E-state index in [-0.39, 0.29) is 29.2 Å². The Balaban J connectivity index is 1.72. The molecule has 3 rings (SSSR count). The number of hydrogen-bond acceptors (Lipinski definition) is 5. The minimum absolute atomic E-state index is 0.0578. The van der Waals surface area contributed by atoms with Crippen LogP contribution in [0.5, 0.6) is 0 Å². The second-order valence-electron chi connectivity index (χ2n) is 5.80. The lowest BCUT2D eigenvalue weighted by Gasteiger charge is -2.25. The van der Waals surface area contributed by atoms with Crippen molar-refractivity contribution in [3.05, 3.63) is 35.4 Å². The lowest BCUT2D eigenvalue weighted by molar-refractivity contribution is -0.131. The van der Waals surface area contributed by atoms with Crippen LogP contribution in [0.4, 0.5) is 0 Å². The predicted octanol–water partition coefficient (Wildman–Crippen LogP) is -0.0719. The first kappa shape index (κ1) is 15.7. The normalized spacial score (nSPS) is 22.3. The van der Waals surface area contributed by atoms with Crippen molar-refractivity contribution >= 4 is 27.6 Å². The van der Waals surface area contributed by atoms with Gasteiger partial charge >= 0.3 is 0 Å². The standard InChI is InChI=1S/C15H16N2O5S/c1-16(10-6-7-23(21,22)9-10)13(18)8-17-14(19)11-4-2-3-5-12(11)15(17)20/h2-5,10H,6-9H2,1H3/t10-/m0/s1. The van der Waals surface area contributed by atoms with E-state index in [9.17, 15) is 22.8 Å². The topological polar surface area (TPSA) is 91.8 Å². The molecule has 3 amide bonds. The number of carbonyl (C=O) groups is 3. The molecule has 122 valence electrons. The molecule has 0 unspecified atom stereocenters. The fraction of sp³-hybridized carbons (Fsp3) is 0.400. The van der Waals surface area contributed by atoms with Gasteiger partial charge in [-0.3, -0.25) is 19.3 Å². The predicted molar refractivity (Wildman–Crippen MR) is 81.6 cm³/mol. The fourth-order valence-electron chi connectivity index (χ4n) is 2.91. The summed E-state index contributed by atoms with van der Waals surface area (Å²) in [4.78, 5) is 39.0. The molecule has 0 saturated carbocycles. The van der Waals surface area contributed by atoms with Crippen molar-refractivity contribution in [3.63, 3.8) is 0 Å². The van der Waals surface area contributed by atoms with Gasteiger partial charge < -0.3 is 4.90 Å². The summed E-state index contributed by atoms with van der Waals surface area (Å²) in [6.07, 6.45) is 0.382. The highest BCUT2D eigenvalue weighted by atomic mass is 32.2. The SMILES string of the molecule is CN(C(=O)CN1C(=O)c2ccccc2C1=O)[C@H]1CCS(=O)(=O)C1. The van der Waals surface area contributed by atoms with E-state index in [1.54, 1.807) is 24.3 Å². The maximum Gasteiger partial charge on any atom is 0.262 e. The Kier molecular flexibility index (Phi) is 3.71. The Hall–Kier alpha value is -2.22. The van der Waals surface area contributed by atoms with Gasteiger partial charge in [0.2, 0.25) is 5.91 Å². The molecule has 1 saturated heterocycles. The second-order valence-corrected chi connectivity index (χ2v) is 8.03. The molecule has 0 aromatic heterocycles. The van der Waals surface area contributed by atoms with Gasteiger partial charge in [-0.15, -0.1) is 0 Å². The molecule has 1 fully saturated rings. The van der Waals surface area contributed by atoms with Crippen LogP contribution in [0.3, 0.4) is 0 Å². The summed E-state index contributed by atoms with van der Waals surface area (Å²) in [7, 11) is -1.60. The third-order valence-corrected chi connectivity index (χ3v) is 6.07. The highest BCUT2D eigenvalue weighted by Crippen LogP contribution is 2.23. The summed E-state index contributed by atoms with van der Waals surface area (Å²) >= 11 is 0. The zero-order chi connectivity index (χ0) is 16.8. The van der Waals surface area contributed by atoms with Crippen LogP contribution in [0.2, 0.25) is 0 Å². The van der Waals surface area contributed by atoms with Crippen molar-refractivity contribution in [3.8, 4) is 0 Å². The number of amides is 3. The summed E-state index contributed by atoms with van der Waals surface area (Å²) in [6.45, 7) is -0.376. The molecule has 1 aromatic carbocycles. The molecule has 0 aliphatic carbocycles. The molecule has 0 radical (unpaired) electrons. The average Bonchev–Trinajstić information content (AvgIpc) is 3.00. The van der Waals surface area contributed by atoms with E-state index >= 15 is 0 Å². The van der Waals surface area contributed by atoms with Crippen molar-refractivity contribution in [1.82, 2.24) is 9.80 Å². The van der Waals surface area contributed by atoms with Gasteiger partial charge in [0.05, 0.1) is 22.6 Å². The molecular weight excluding hydrogens is 320 g/mol. The van der Waals surface area contributed by atoms with Crippen LogP contribution in [0.15, 0.2) is 24.3 Å². The Morgan fingerprint density at radius 2 is 1.78 bits per heavy atom. The van der Waals surface area contributed by atoms with Crippen LogP contribution in [0, 0.1) is 0 Å². The number of likely N-dealkylation sites (N-methyl/N-ethyl adjacent to an activating group) is 1. The van der Waals surface area contributed by atoms with Crippen LogP contribution < -0.4 is 0 Å². The molecule has 2 aliphatic heterocycles. The first-order valence-corrected chi connectivity index (χ1v) is 9.03. The van der Waals surface area contributed by atoms with Crippen molar-refractivity contribution in [1.29, 1.82) is 0 Å². The molecule has 1 aromatic rings. The smallest absolute Gasteiger partial charge is 0.262 e. The minimum atomic E-state index is -3.11. The summed E-state index contributed by atoms with van der Waals surface area (Å²) in [5.74, 6) is -1.45. The third-order valence-electron chi connectivity index (χ3n) is 4.32. The van der Waals surface area contributed by atoms with Crippen LogP contribution in [-0.4, -0.2) is 67.1 Å². The van der Waals surface area contributed by atoms with Crippen molar-refractivity contribution in [2.45, 2.75) is 12.5 Å². The van der Waals surface area contributed by atoms with E-state index in [0.717, 1.165) is 4.90 Å². The quantitative estimate of drug-likeness (QED) is 0.721. The van der Waals surface area contributed by atoms with Crippen LogP contribution in [-0.2, 0) is 14.6 Å². The van der Waals surface area contributed by atoms with Crippen LogP contribution in [0.25, 0.3) is 0 Å². The number of hydrogen-bond donors (Lipinski definition) is 0. The molecule has 0 bridgehead atoms. The molecule has 23 heavy (non-hydrogen) atoms. The van der Waals surface area contributed by atoms with Gasteiger partial charge in [-0.1, -0.05) is 12.1 Å². The lowest BCUT2D eigenvalue weighted by atomic mass is 10.1. The zero-order valence-electron chi connectivity index (χ0n) is 12.6. The summed E-state index contributed by atoms with van der Waals surface area (Å²) in [5, 5.41) is 0. The number of sulfone groups is 1. The number of benzene rings is 1. The summed E-state index contributed by atoms with van der Waals surface area (Å²) in [5.41, 5.74) is 0.577. The summed E-state index contributed by atoms with van der Waals surface area (Å²) < 4.78 is 23.0. The van der Waals surface area contributed by atoms with Gasteiger partial charge in [0, 0.05) is 13.1 Å². The number of carbonyl (C=O) groups excluding carboxylic acids is 3. The number of fused-ring (bicyclic) bond motifs is 1. The van der Waals surface area contributed by atoms with E-state index in [1.807, 2.05) is 0 Å². The first-order chi connectivity index (χ1) is 10.8. The Labute approximate surface area is 133 Å². The van der Waals surface area contributed by atoms with E-state index in [0.29, 0.717) is 6.42 Å². The van der Waals surface area contributed by atoms with Gasteiger partial charge in [0.1, 0.15) is 6.54 Å².